The molecule has 0 amide bonds. The van der Waals surface area contributed by atoms with Crippen molar-refractivity contribution in [2.75, 3.05) is 0 Å². The van der Waals surface area contributed by atoms with Crippen LogP contribution in [0.3, 0.4) is 0 Å². The molecule has 2 aromatic rings. The summed E-state index contributed by atoms with van der Waals surface area (Å²) >= 11 is 3.41. The molecule has 1 aromatic carbocycles. The van der Waals surface area contributed by atoms with E-state index in [1.165, 1.54) is 0 Å². The Balaban J connectivity index is 2.27. The van der Waals surface area contributed by atoms with Crippen LogP contribution in [0.4, 0.5) is 0 Å². The van der Waals surface area contributed by atoms with Crippen molar-refractivity contribution < 1.29 is 9.90 Å². The van der Waals surface area contributed by atoms with Gasteiger partial charge in [0.2, 0.25) is 0 Å². The maximum absolute atomic E-state index is 10.6. The number of hydrogen-bond acceptors (Lipinski definition) is 2. The van der Waals surface area contributed by atoms with Crippen molar-refractivity contribution >= 4 is 21.9 Å². The third kappa shape index (κ3) is 2.94. The number of rotatable bonds is 4. The first-order chi connectivity index (χ1) is 8.16. The van der Waals surface area contributed by atoms with Crippen LogP contribution in [0, 0.1) is 0 Å². The summed E-state index contributed by atoms with van der Waals surface area (Å²) in [5.74, 6) is -0.807. The van der Waals surface area contributed by atoms with E-state index in [4.69, 9.17) is 5.11 Å². The van der Waals surface area contributed by atoms with Crippen LogP contribution in [0.2, 0.25) is 0 Å². The highest BCUT2D eigenvalue weighted by Gasteiger charge is 2.06. The van der Waals surface area contributed by atoms with Gasteiger partial charge >= 0.3 is 5.97 Å². The largest absolute Gasteiger partial charge is 0.481 e. The van der Waals surface area contributed by atoms with Crippen molar-refractivity contribution in [1.82, 2.24) is 9.55 Å². The zero-order chi connectivity index (χ0) is 12.3. The summed E-state index contributed by atoms with van der Waals surface area (Å²) < 4.78 is 2.83. The highest BCUT2D eigenvalue weighted by molar-refractivity contribution is 9.10. The van der Waals surface area contributed by atoms with Gasteiger partial charge in [0.1, 0.15) is 0 Å². The van der Waals surface area contributed by atoms with Crippen LogP contribution < -0.4 is 0 Å². The molecule has 0 saturated carbocycles. The summed E-state index contributed by atoms with van der Waals surface area (Å²) in [6, 6.07) is 7.84. The quantitative estimate of drug-likeness (QED) is 0.943. The predicted molar refractivity (Wildman–Crippen MR) is 67.6 cm³/mol. The van der Waals surface area contributed by atoms with E-state index in [1.54, 1.807) is 12.5 Å². The molecule has 88 valence electrons. The maximum Gasteiger partial charge on any atom is 0.305 e. The van der Waals surface area contributed by atoms with Gasteiger partial charge in [0.05, 0.1) is 24.6 Å². The number of nitrogens with zero attached hydrogens (tertiary/aromatic N) is 2. The minimum absolute atomic E-state index is 0.0946. The number of carboxylic acids is 1. The van der Waals surface area contributed by atoms with Gasteiger partial charge in [0.15, 0.2) is 0 Å². The minimum atomic E-state index is -0.807. The van der Waals surface area contributed by atoms with Gasteiger partial charge < -0.3 is 9.67 Å². The Hall–Kier alpha value is -1.62. The lowest BCUT2D eigenvalue weighted by Crippen LogP contribution is -2.04. The molecule has 1 aromatic heterocycles. The van der Waals surface area contributed by atoms with E-state index in [0.29, 0.717) is 6.54 Å². The highest BCUT2D eigenvalue weighted by atomic mass is 79.9. The predicted octanol–water partition coefficient (Wildman–Crippen LogP) is 2.79. The number of hydrogen-bond donors (Lipinski definition) is 1. The van der Waals surface area contributed by atoms with E-state index < -0.39 is 5.97 Å². The fraction of sp³-hybridized carbons (Fsp3) is 0.167. The molecule has 0 bridgehead atoms. The molecule has 0 spiro atoms. The molecule has 0 unspecified atom stereocenters. The van der Waals surface area contributed by atoms with E-state index in [1.807, 2.05) is 28.8 Å². The number of imidazole rings is 1. The first kappa shape index (κ1) is 11.9. The summed E-state index contributed by atoms with van der Waals surface area (Å²) in [5, 5.41) is 8.68. The topological polar surface area (TPSA) is 55.1 Å². The van der Waals surface area contributed by atoms with Crippen molar-refractivity contribution in [3.05, 3.63) is 41.3 Å². The van der Waals surface area contributed by atoms with Crippen LogP contribution in [-0.4, -0.2) is 20.6 Å². The van der Waals surface area contributed by atoms with Crippen molar-refractivity contribution in [3.8, 4) is 11.3 Å². The van der Waals surface area contributed by atoms with Gasteiger partial charge in [-0.25, -0.2) is 4.98 Å². The van der Waals surface area contributed by atoms with Crippen molar-refractivity contribution in [2.24, 2.45) is 0 Å². The number of benzene rings is 1. The first-order valence-electron chi connectivity index (χ1n) is 5.14. The molecule has 0 radical (unpaired) electrons. The van der Waals surface area contributed by atoms with Crippen LogP contribution in [-0.2, 0) is 11.3 Å². The van der Waals surface area contributed by atoms with Gasteiger partial charge in [-0.15, -0.1) is 0 Å². The van der Waals surface area contributed by atoms with Crippen LogP contribution in [0.5, 0.6) is 0 Å². The Labute approximate surface area is 107 Å². The molecule has 17 heavy (non-hydrogen) atoms. The Bertz CT molecular complexity index is 537. The number of aromatic nitrogens is 2. The normalized spacial score (nSPS) is 10.4. The lowest BCUT2D eigenvalue weighted by molar-refractivity contribution is -0.137. The molecule has 0 aliphatic heterocycles. The van der Waals surface area contributed by atoms with Gasteiger partial charge in [0, 0.05) is 16.6 Å². The number of carboxylic acid groups (broad SMARTS) is 1. The van der Waals surface area contributed by atoms with Gasteiger partial charge in [-0.1, -0.05) is 28.1 Å². The first-order valence-corrected chi connectivity index (χ1v) is 5.94. The second-order valence-corrected chi connectivity index (χ2v) is 4.54. The van der Waals surface area contributed by atoms with Crippen LogP contribution in [0.25, 0.3) is 11.3 Å². The molecule has 5 heteroatoms. The van der Waals surface area contributed by atoms with E-state index in [2.05, 4.69) is 20.9 Å². The number of aryl methyl sites for hydroxylation is 1. The monoisotopic (exact) mass is 294 g/mol. The summed E-state index contributed by atoms with van der Waals surface area (Å²) in [6.45, 7) is 0.428. The SMILES string of the molecule is O=C(O)CCn1cncc1-c1cccc(Br)c1. The summed E-state index contributed by atoms with van der Waals surface area (Å²) in [5.41, 5.74) is 1.94. The molecule has 1 heterocycles. The van der Waals surface area contributed by atoms with E-state index in [0.717, 1.165) is 15.7 Å². The summed E-state index contributed by atoms with van der Waals surface area (Å²) in [6.07, 6.45) is 3.49. The Morgan fingerprint density at radius 1 is 1.47 bits per heavy atom. The van der Waals surface area contributed by atoms with Crippen LogP contribution in [0.15, 0.2) is 41.3 Å². The molecular formula is C12H11BrN2O2. The highest BCUT2D eigenvalue weighted by Crippen LogP contribution is 2.22. The number of aliphatic carboxylic acids is 1. The second kappa shape index (κ2) is 5.14. The molecular weight excluding hydrogens is 284 g/mol. The second-order valence-electron chi connectivity index (χ2n) is 3.63. The fourth-order valence-electron chi connectivity index (χ4n) is 1.60. The van der Waals surface area contributed by atoms with Gasteiger partial charge in [-0.3, -0.25) is 4.79 Å². The maximum atomic E-state index is 10.6. The minimum Gasteiger partial charge on any atom is -0.481 e. The third-order valence-corrected chi connectivity index (χ3v) is 2.89. The van der Waals surface area contributed by atoms with Crippen LogP contribution in [0.1, 0.15) is 6.42 Å². The zero-order valence-electron chi connectivity index (χ0n) is 9.01. The fourth-order valence-corrected chi connectivity index (χ4v) is 2.00. The molecule has 0 fully saturated rings. The number of halogens is 1. The summed E-state index contributed by atoms with van der Waals surface area (Å²) in [4.78, 5) is 14.6. The van der Waals surface area contributed by atoms with Gasteiger partial charge in [0.25, 0.3) is 0 Å². The lowest BCUT2D eigenvalue weighted by Gasteiger charge is -2.06. The van der Waals surface area contributed by atoms with Crippen molar-refractivity contribution in [1.29, 1.82) is 0 Å². The zero-order valence-corrected chi connectivity index (χ0v) is 10.6. The standard InChI is InChI=1S/C12H11BrN2O2/c13-10-3-1-2-9(6-10)11-7-14-8-15(11)5-4-12(16)17/h1-3,6-8H,4-5H2,(H,16,17). The molecule has 4 nitrogen and oxygen atoms in total. The van der Waals surface area contributed by atoms with Gasteiger partial charge in [-0.2, -0.15) is 0 Å². The van der Waals surface area contributed by atoms with E-state index >= 15 is 0 Å². The molecule has 0 saturated heterocycles. The Morgan fingerprint density at radius 2 is 2.29 bits per heavy atom. The average molecular weight is 295 g/mol. The van der Waals surface area contributed by atoms with Crippen molar-refractivity contribution in [2.45, 2.75) is 13.0 Å². The molecule has 2 rings (SSSR count). The molecule has 0 aliphatic carbocycles. The summed E-state index contributed by atoms with van der Waals surface area (Å²) in [7, 11) is 0. The third-order valence-electron chi connectivity index (χ3n) is 2.40. The molecule has 1 N–H and O–H groups in total. The molecule has 0 aliphatic rings. The smallest absolute Gasteiger partial charge is 0.305 e. The average Bonchev–Trinajstić information content (AvgIpc) is 2.74. The lowest BCUT2D eigenvalue weighted by atomic mass is 10.2. The Morgan fingerprint density at radius 3 is 3.00 bits per heavy atom. The Kier molecular flexibility index (Phi) is 3.58. The number of carbonyl (C=O) groups is 1. The molecule has 0 atom stereocenters. The van der Waals surface area contributed by atoms with Crippen molar-refractivity contribution in [3.63, 3.8) is 0 Å². The van der Waals surface area contributed by atoms with E-state index in [-0.39, 0.29) is 6.42 Å². The van der Waals surface area contributed by atoms with Gasteiger partial charge in [-0.05, 0) is 12.1 Å². The van der Waals surface area contributed by atoms with E-state index in [9.17, 15) is 4.79 Å². The van der Waals surface area contributed by atoms with Crippen LogP contribution >= 0.6 is 15.9 Å².